The zero-order valence-corrected chi connectivity index (χ0v) is 14.0. The Hall–Kier alpha value is -2.15. The lowest BCUT2D eigenvalue weighted by Gasteiger charge is -2.36. The highest BCUT2D eigenvalue weighted by Crippen LogP contribution is 2.22. The van der Waals surface area contributed by atoms with Gasteiger partial charge in [0.2, 0.25) is 0 Å². The number of nitrogens with zero attached hydrogens (tertiary/aromatic N) is 3. The van der Waals surface area contributed by atoms with E-state index in [0.29, 0.717) is 18.5 Å². The van der Waals surface area contributed by atoms with Gasteiger partial charge in [0.15, 0.2) is 0 Å². The molecule has 2 aliphatic heterocycles. The molecule has 0 radical (unpaired) electrons. The number of amides is 1. The van der Waals surface area contributed by atoms with Crippen molar-refractivity contribution >= 4 is 17.7 Å². The first-order valence-electron chi connectivity index (χ1n) is 8.36. The Morgan fingerprint density at radius 3 is 2.54 bits per heavy atom. The Kier molecular flexibility index (Phi) is 4.71. The fourth-order valence-corrected chi connectivity index (χ4v) is 3.50. The number of pyridine rings is 1. The highest BCUT2D eigenvalue weighted by Gasteiger charge is 2.34. The predicted molar refractivity (Wildman–Crippen MR) is 88.2 cm³/mol. The molecule has 130 valence electrons. The van der Waals surface area contributed by atoms with Gasteiger partial charge in [0.25, 0.3) is 5.91 Å². The molecule has 24 heavy (non-hydrogen) atoms. The topological polar surface area (TPSA) is 83.0 Å². The van der Waals surface area contributed by atoms with Crippen LogP contribution in [0.15, 0.2) is 18.3 Å². The van der Waals surface area contributed by atoms with Gasteiger partial charge >= 0.3 is 5.97 Å². The third-order valence-corrected chi connectivity index (χ3v) is 4.54. The highest BCUT2D eigenvalue weighted by atomic mass is 16.5. The number of carboxylic acid groups (broad SMARTS) is 1. The number of carboxylic acids is 1. The van der Waals surface area contributed by atoms with Crippen LogP contribution < -0.4 is 4.90 Å². The molecule has 0 aliphatic carbocycles. The lowest BCUT2D eigenvalue weighted by molar-refractivity contribution is -0.141. The maximum absolute atomic E-state index is 12.5. The SMILES string of the molecule is CC1CN(c2ccc(C(=O)N3CCCC3C(=O)O)cn2)CC(C)O1. The number of aromatic nitrogens is 1. The Morgan fingerprint density at radius 1 is 1.25 bits per heavy atom. The number of rotatable bonds is 3. The second-order valence-electron chi connectivity index (χ2n) is 6.56. The minimum absolute atomic E-state index is 0.137. The van der Waals surface area contributed by atoms with E-state index in [-0.39, 0.29) is 18.1 Å². The minimum atomic E-state index is -0.943. The van der Waals surface area contributed by atoms with Crippen LogP contribution in [0, 0.1) is 0 Å². The zero-order valence-electron chi connectivity index (χ0n) is 14.0. The van der Waals surface area contributed by atoms with E-state index in [1.165, 1.54) is 4.90 Å². The van der Waals surface area contributed by atoms with Crippen molar-refractivity contribution < 1.29 is 19.4 Å². The molecule has 3 rings (SSSR count). The van der Waals surface area contributed by atoms with Crippen LogP contribution in [0.5, 0.6) is 0 Å². The average Bonchev–Trinajstić information content (AvgIpc) is 3.03. The summed E-state index contributed by atoms with van der Waals surface area (Å²) in [6.07, 6.45) is 3.05. The molecule has 2 fully saturated rings. The summed E-state index contributed by atoms with van der Waals surface area (Å²) in [5.74, 6) is -0.394. The van der Waals surface area contributed by atoms with Crippen LogP contribution in [0.3, 0.4) is 0 Å². The zero-order chi connectivity index (χ0) is 17.3. The van der Waals surface area contributed by atoms with E-state index >= 15 is 0 Å². The Bertz CT molecular complexity index is 609. The molecule has 0 aromatic carbocycles. The number of morpholine rings is 1. The Labute approximate surface area is 141 Å². The molecule has 0 spiro atoms. The van der Waals surface area contributed by atoms with Crippen LogP contribution in [0.2, 0.25) is 0 Å². The number of hydrogen-bond donors (Lipinski definition) is 1. The first kappa shape index (κ1) is 16.7. The van der Waals surface area contributed by atoms with Crippen molar-refractivity contribution in [1.29, 1.82) is 0 Å². The van der Waals surface area contributed by atoms with Crippen molar-refractivity contribution in [3.05, 3.63) is 23.9 Å². The highest BCUT2D eigenvalue weighted by molar-refractivity contribution is 5.96. The fourth-order valence-electron chi connectivity index (χ4n) is 3.50. The van der Waals surface area contributed by atoms with Gasteiger partial charge in [-0.05, 0) is 38.8 Å². The van der Waals surface area contributed by atoms with Gasteiger partial charge in [-0.3, -0.25) is 4.79 Å². The molecule has 0 bridgehead atoms. The monoisotopic (exact) mass is 333 g/mol. The van der Waals surface area contributed by atoms with E-state index in [2.05, 4.69) is 9.88 Å². The first-order valence-corrected chi connectivity index (χ1v) is 8.36. The van der Waals surface area contributed by atoms with Crippen LogP contribution in [-0.2, 0) is 9.53 Å². The number of carbonyl (C=O) groups is 2. The van der Waals surface area contributed by atoms with E-state index in [1.807, 2.05) is 19.9 Å². The lowest BCUT2D eigenvalue weighted by Crippen LogP contribution is -2.45. The smallest absolute Gasteiger partial charge is 0.326 e. The summed E-state index contributed by atoms with van der Waals surface area (Å²) in [7, 11) is 0. The molecule has 3 heterocycles. The molecule has 2 aliphatic rings. The van der Waals surface area contributed by atoms with Crippen molar-refractivity contribution in [1.82, 2.24) is 9.88 Å². The quantitative estimate of drug-likeness (QED) is 0.900. The Morgan fingerprint density at radius 2 is 1.96 bits per heavy atom. The van der Waals surface area contributed by atoms with Crippen molar-refractivity contribution in [2.24, 2.45) is 0 Å². The molecule has 7 heteroatoms. The van der Waals surface area contributed by atoms with Gasteiger partial charge in [0, 0.05) is 25.8 Å². The van der Waals surface area contributed by atoms with Crippen molar-refractivity contribution in [2.45, 2.75) is 44.9 Å². The van der Waals surface area contributed by atoms with Crippen LogP contribution >= 0.6 is 0 Å². The second kappa shape index (κ2) is 6.76. The van der Waals surface area contributed by atoms with Gasteiger partial charge in [0.1, 0.15) is 11.9 Å². The molecule has 2 saturated heterocycles. The maximum Gasteiger partial charge on any atom is 0.326 e. The van der Waals surface area contributed by atoms with Gasteiger partial charge in [-0.1, -0.05) is 0 Å². The lowest BCUT2D eigenvalue weighted by atomic mass is 10.2. The summed E-state index contributed by atoms with van der Waals surface area (Å²) in [5.41, 5.74) is 0.432. The molecule has 3 atom stereocenters. The number of aliphatic carboxylic acids is 1. The number of ether oxygens (including phenoxy) is 1. The van der Waals surface area contributed by atoms with Crippen LogP contribution in [0.4, 0.5) is 5.82 Å². The van der Waals surface area contributed by atoms with E-state index < -0.39 is 12.0 Å². The summed E-state index contributed by atoms with van der Waals surface area (Å²) >= 11 is 0. The molecule has 1 N–H and O–H groups in total. The van der Waals surface area contributed by atoms with Gasteiger partial charge in [-0.15, -0.1) is 0 Å². The number of likely N-dealkylation sites (tertiary alicyclic amines) is 1. The van der Waals surface area contributed by atoms with E-state index in [4.69, 9.17) is 4.74 Å². The molecular formula is C17H23N3O4. The van der Waals surface area contributed by atoms with E-state index in [0.717, 1.165) is 25.3 Å². The second-order valence-corrected chi connectivity index (χ2v) is 6.56. The minimum Gasteiger partial charge on any atom is -0.480 e. The summed E-state index contributed by atoms with van der Waals surface area (Å²) in [5, 5.41) is 9.22. The van der Waals surface area contributed by atoms with Crippen LogP contribution in [0.1, 0.15) is 37.0 Å². The first-order chi connectivity index (χ1) is 11.5. The van der Waals surface area contributed by atoms with Gasteiger partial charge in [-0.2, -0.15) is 0 Å². The van der Waals surface area contributed by atoms with Gasteiger partial charge < -0.3 is 19.6 Å². The normalized spacial score (nSPS) is 27.3. The van der Waals surface area contributed by atoms with Gasteiger partial charge in [-0.25, -0.2) is 9.78 Å². The third-order valence-electron chi connectivity index (χ3n) is 4.54. The predicted octanol–water partition coefficient (Wildman–Crippen LogP) is 1.38. The summed E-state index contributed by atoms with van der Waals surface area (Å²) in [4.78, 5) is 31.8. The molecule has 7 nitrogen and oxygen atoms in total. The molecule has 1 amide bonds. The van der Waals surface area contributed by atoms with E-state index in [9.17, 15) is 14.7 Å². The molecule has 0 saturated carbocycles. The average molecular weight is 333 g/mol. The number of hydrogen-bond acceptors (Lipinski definition) is 5. The maximum atomic E-state index is 12.5. The van der Waals surface area contributed by atoms with Crippen molar-refractivity contribution in [3.63, 3.8) is 0 Å². The molecule has 1 aromatic heterocycles. The number of anilines is 1. The largest absolute Gasteiger partial charge is 0.480 e. The Balaban J connectivity index is 1.72. The van der Waals surface area contributed by atoms with Gasteiger partial charge in [0.05, 0.1) is 17.8 Å². The number of carbonyl (C=O) groups excluding carboxylic acids is 1. The fraction of sp³-hybridized carbons (Fsp3) is 0.588. The summed E-state index contributed by atoms with van der Waals surface area (Å²) in [6, 6.07) is 2.83. The summed E-state index contributed by atoms with van der Waals surface area (Å²) in [6.45, 7) is 6.06. The van der Waals surface area contributed by atoms with Crippen molar-refractivity contribution in [2.75, 3.05) is 24.5 Å². The summed E-state index contributed by atoms with van der Waals surface area (Å²) < 4.78 is 5.72. The third kappa shape index (κ3) is 3.36. The molecular weight excluding hydrogens is 310 g/mol. The van der Waals surface area contributed by atoms with Crippen molar-refractivity contribution in [3.8, 4) is 0 Å². The van der Waals surface area contributed by atoms with Crippen LogP contribution in [-0.4, -0.2) is 64.8 Å². The van der Waals surface area contributed by atoms with E-state index in [1.54, 1.807) is 12.3 Å². The van der Waals surface area contributed by atoms with Crippen LogP contribution in [0.25, 0.3) is 0 Å². The standard InChI is InChI=1S/C17H23N3O4/c1-11-9-19(10-12(2)24-11)15-6-5-13(8-18-15)16(21)20-7-3-4-14(20)17(22)23/h5-6,8,11-12,14H,3-4,7,9-10H2,1-2H3,(H,22,23). The molecule has 3 unspecified atom stereocenters. The molecule has 1 aromatic rings.